The van der Waals surface area contributed by atoms with Gasteiger partial charge in [0.05, 0.1) is 5.25 Å². The van der Waals surface area contributed by atoms with Crippen LogP contribution in [0.2, 0.25) is 0 Å². The topological polar surface area (TPSA) is 54.3 Å². The Morgan fingerprint density at radius 1 is 1.00 bits per heavy atom. The van der Waals surface area contributed by atoms with Gasteiger partial charge in [-0.25, -0.2) is 0 Å². The van der Waals surface area contributed by atoms with Crippen LogP contribution >= 0.6 is 11.8 Å². The number of carbonyl (C=O) groups is 1. The zero-order chi connectivity index (χ0) is 21.8. The van der Waals surface area contributed by atoms with Gasteiger partial charge in [0, 0.05) is 37.4 Å². The van der Waals surface area contributed by atoms with E-state index in [1.807, 2.05) is 42.2 Å². The second-order valence-electron chi connectivity index (χ2n) is 7.86. The van der Waals surface area contributed by atoms with Crippen LogP contribution < -0.4 is 0 Å². The van der Waals surface area contributed by atoms with Crippen molar-refractivity contribution in [3.8, 4) is 17.1 Å². The van der Waals surface area contributed by atoms with E-state index < -0.39 is 0 Å². The smallest absolute Gasteiger partial charge is 0.235 e. The van der Waals surface area contributed by atoms with Crippen LogP contribution in [0.3, 0.4) is 0 Å². The molecule has 0 N–H and O–H groups in total. The summed E-state index contributed by atoms with van der Waals surface area (Å²) in [5.41, 5.74) is 3.19. The van der Waals surface area contributed by atoms with Crippen LogP contribution in [0.5, 0.6) is 0 Å². The number of hydrogen-bond acceptors (Lipinski definition) is 5. The van der Waals surface area contributed by atoms with Crippen molar-refractivity contribution in [2.75, 3.05) is 32.7 Å². The third-order valence-electron chi connectivity index (χ3n) is 5.72. The third kappa shape index (κ3) is 4.83. The lowest BCUT2D eigenvalue weighted by Gasteiger charge is -2.35. The normalized spacial score (nSPS) is 15.8. The van der Waals surface area contributed by atoms with E-state index >= 15 is 0 Å². The van der Waals surface area contributed by atoms with Crippen LogP contribution in [-0.2, 0) is 4.79 Å². The fourth-order valence-electron chi connectivity index (χ4n) is 3.80. The summed E-state index contributed by atoms with van der Waals surface area (Å²) in [7, 11) is 0. The number of aryl methyl sites for hydroxylation is 1. The van der Waals surface area contributed by atoms with Crippen molar-refractivity contribution in [1.82, 2.24) is 24.6 Å². The monoisotopic (exact) mass is 435 g/mol. The van der Waals surface area contributed by atoms with Gasteiger partial charge in [-0.15, -0.1) is 10.2 Å². The Labute approximate surface area is 188 Å². The van der Waals surface area contributed by atoms with Gasteiger partial charge < -0.3 is 9.80 Å². The number of carbonyl (C=O) groups excluding carboxylic acids is 1. The lowest BCUT2D eigenvalue weighted by molar-refractivity contribution is -0.132. The predicted molar refractivity (Wildman–Crippen MR) is 126 cm³/mol. The van der Waals surface area contributed by atoms with E-state index in [-0.39, 0.29) is 11.2 Å². The molecule has 0 radical (unpaired) electrons. The maximum Gasteiger partial charge on any atom is 0.235 e. The number of piperazine rings is 1. The Hall–Kier alpha value is -2.64. The molecule has 7 heteroatoms. The van der Waals surface area contributed by atoms with Gasteiger partial charge >= 0.3 is 0 Å². The van der Waals surface area contributed by atoms with E-state index in [0.717, 1.165) is 55.0 Å². The minimum absolute atomic E-state index is 0.167. The van der Waals surface area contributed by atoms with Gasteiger partial charge in [-0.3, -0.25) is 9.36 Å². The molecule has 1 aromatic heterocycles. The molecular formula is C24H29N5OS. The molecule has 1 atom stereocenters. The van der Waals surface area contributed by atoms with Crippen molar-refractivity contribution in [3.05, 3.63) is 60.2 Å². The van der Waals surface area contributed by atoms with Crippen molar-refractivity contribution in [3.63, 3.8) is 0 Å². The zero-order valence-corrected chi connectivity index (χ0v) is 19.2. The lowest BCUT2D eigenvalue weighted by atomic mass is 10.2. The molecule has 1 aliphatic heterocycles. The van der Waals surface area contributed by atoms with E-state index in [0.29, 0.717) is 0 Å². The van der Waals surface area contributed by atoms with Crippen LogP contribution in [0.4, 0.5) is 0 Å². The first-order chi connectivity index (χ1) is 15.1. The maximum atomic E-state index is 13.1. The molecule has 0 aliphatic carbocycles. The van der Waals surface area contributed by atoms with Crippen molar-refractivity contribution in [2.24, 2.45) is 0 Å². The number of thioether (sulfide) groups is 1. The van der Waals surface area contributed by atoms with Crippen LogP contribution in [0.25, 0.3) is 17.1 Å². The lowest BCUT2D eigenvalue weighted by Crippen LogP contribution is -2.50. The van der Waals surface area contributed by atoms with Gasteiger partial charge in [-0.2, -0.15) is 0 Å². The molecule has 6 nitrogen and oxygen atoms in total. The third-order valence-corrected chi connectivity index (χ3v) is 6.75. The Morgan fingerprint density at radius 2 is 1.68 bits per heavy atom. The molecule has 1 aliphatic rings. The number of likely N-dealkylation sites (N-methyl/N-ethyl adjacent to an activating group) is 1. The first-order valence-electron chi connectivity index (χ1n) is 10.8. The molecule has 0 saturated carbocycles. The summed E-state index contributed by atoms with van der Waals surface area (Å²) >= 11 is 1.48. The highest BCUT2D eigenvalue weighted by Gasteiger charge is 2.27. The molecular weight excluding hydrogens is 406 g/mol. The summed E-state index contributed by atoms with van der Waals surface area (Å²) in [6.07, 6.45) is 0. The minimum atomic E-state index is -0.231. The van der Waals surface area contributed by atoms with E-state index in [4.69, 9.17) is 0 Å². The quantitative estimate of drug-likeness (QED) is 0.550. The molecule has 31 heavy (non-hydrogen) atoms. The second kappa shape index (κ2) is 9.66. The van der Waals surface area contributed by atoms with Crippen LogP contribution in [0.15, 0.2) is 59.8 Å². The van der Waals surface area contributed by atoms with E-state index in [9.17, 15) is 4.79 Å². The van der Waals surface area contributed by atoms with E-state index in [2.05, 4.69) is 57.8 Å². The highest BCUT2D eigenvalue weighted by Crippen LogP contribution is 2.31. The number of benzene rings is 2. The fraction of sp³-hybridized carbons (Fsp3) is 0.375. The van der Waals surface area contributed by atoms with Crippen molar-refractivity contribution < 1.29 is 4.79 Å². The van der Waals surface area contributed by atoms with Crippen LogP contribution in [0, 0.1) is 6.92 Å². The van der Waals surface area contributed by atoms with E-state index in [1.54, 1.807) is 0 Å². The van der Waals surface area contributed by atoms with Crippen molar-refractivity contribution in [2.45, 2.75) is 31.2 Å². The Bertz CT molecular complexity index is 1010. The van der Waals surface area contributed by atoms with Crippen molar-refractivity contribution >= 4 is 17.7 Å². The standard InChI is InChI=1S/C24H29N5OS/c1-4-27-14-16-28(17-15-27)23(30)19(3)31-24-26-25-22(20-8-6-5-7-9-20)29(24)21-12-10-18(2)11-13-21/h5-13,19H,4,14-17H2,1-3H3/t19-/m0/s1. The van der Waals surface area contributed by atoms with Gasteiger partial charge in [0.15, 0.2) is 11.0 Å². The summed E-state index contributed by atoms with van der Waals surface area (Å²) in [5.74, 6) is 0.948. The molecule has 1 fully saturated rings. The summed E-state index contributed by atoms with van der Waals surface area (Å²) < 4.78 is 2.05. The largest absolute Gasteiger partial charge is 0.339 e. The van der Waals surface area contributed by atoms with Gasteiger partial charge in [0.25, 0.3) is 0 Å². The number of hydrogen-bond donors (Lipinski definition) is 0. The summed E-state index contributed by atoms with van der Waals surface area (Å²) in [4.78, 5) is 17.5. The highest BCUT2D eigenvalue weighted by atomic mass is 32.2. The van der Waals surface area contributed by atoms with Gasteiger partial charge in [0.2, 0.25) is 5.91 Å². The first-order valence-corrected chi connectivity index (χ1v) is 11.7. The Morgan fingerprint density at radius 3 is 2.32 bits per heavy atom. The summed E-state index contributed by atoms with van der Waals surface area (Å²) in [5, 5.41) is 9.47. The number of amides is 1. The molecule has 0 bridgehead atoms. The van der Waals surface area contributed by atoms with Crippen molar-refractivity contribution in [1.29, 1.82) is 0 Å². The molecule has 3 aromatic rings. The van der Waals surface area contributed by atoms with Crippen LogP contribution in [0.1, 0.15) is 19.4 Å². The first kappa shape index (κ1) is 21.6. The minimum Gasteiger partial charge on any atom is -0.339 e. The molecule has 1 amide bonds. The number of nitrogens with zero attached hydrogens (tertiary/aromatic N) is 5. The highest BCUT2D eigenvalue weighted by molar-refractivity contribution is 8.00. The summed E-state index contributed by atoms with van der Waals surface area (Å²) in [6.45, 7) is 10.7. The Balaban J connectivity index is 1.60. The number of aromatic nitrogens is 3. The SMILES string of the molecule is CCN1CCN(C(=O)[C@H](C)Sc2nnc(-c3ccccc3)n2-c2ccc(C)cc2)CC1. The molecule has 4 rings (SSSR count). The molecule has 1 saturated heterocycles. The second-order valence-corrected chi connectivity index (χ2v) is 9.17. The van der Waals surface area contributed by atoms with E-state index in [1.165, 1.54) is 17.3 Å². The maximum absolute atomic E-state index is 13.1. The van der Waals surface area contributed by atoms with Gasteiger partial charge in [-0.05, 0) is 32.5 Å². The number of rotatable bonds is 6. The predicted octanol–water partition coefficient (Wildman–Crippen LogP) is 3.89. The molecule has 2 heterocycles. The fourth-order valence-corrected chi connectivity index (χ4v) is 4.75. The average molecular weight is 436 g/mol. The average Bonchev–Trinajstić information content (AvgIpc) is 3.23. The molecule has 0 spiro atoms. The van der Waals surface area contributed by atoms with Gasteiger partial charge in [-0.1, -0.05) is 66.7 Å². The molecule has 0 unspecified atom stereocenters. The Kier molecular flexibility index (Phi) is 6.73. The molecule has 162 valence electrons. The van der Waals surface area contributed by atoms with Gasteiger partial charge in [0.1, 0.15) is 0 Å². The van der Waals surface area contributed by atoms with Crippen LogP contribution in [-0.4, -0.2) is 68.4 Å². The zero-order valence-electron chi connectivity index (χ0n) is 18.4. The molecule has 2 aromatic carbocycles. The summed E-state index contributed by atoms with van der Waals surface area (Å²) in [6, 6.07) is 18.4.